The van der Waals surface area contributed by atoms with Gasteiger partial charge in [0.05, 0.1) is 37.6 Å². The molecule has 0 spiro atoms. The van der Waals surface area contributed by atoms with Crippen LogP contribution in [0.2, 0.25) is 0 Å². The SMILES string of the molecule is COC(=O)c1ccc(OC(C)C)c(NC(=O)CNC(=O)CN)c1. The van der Waals surface area contributed by atoms with Crippen molar-refractivity contribution in [3.8, 4) is 5.75 Å². The summed E-state index contributed by atoms with van der Waals surface area (Å²) in [6, 6.07) is 4.56. The van der Waals surface area contributed by atoms with Gasteiger partial charge in [-0.25, -0.2) is 4.79 Å². The molecule has 0 aliphatic rings. The minimum atomic E-state index is -0.534. The fourth-order valence-electron chi connectivity index (χ4n) is 1.67. The lowest BCUT2D eigenvalue weighted by molar-refractivity contribution is -0.123. The van der Waals surface area contributed by atoms with Crippen molar-refractivity contribution in [2.75, 3.05) is 25.5 Å². The molecule has 1 aromatic carbocycles. The van der Waals surface area contributed by atoms with Crippen LogP contribution >= 0.6 is 0 Å². The number of amides is 2. The molecule has 0 bridgehead atoms. The van der Waals surface area contributed by atoms with Crippen LogP contribution in [-0.4, -0.2) is 44.1 Å². The molecular formula is C15H21N3O5. The summed E-state index contributed by atoms with van der Waals surface area (Å²) < 4.78 is 10.2. The largest absolute Gasteiger partial charge is 0.489 e. The number of anilines is 1. The van der Waals surface area contributed by atoms with E-state index in [2.05, 4.69) is 15.4 Å². The van der Waals surface area contributed by atoms with E-state index in [1.807, 2.05) is 13.8 Å². The van der Waals surface area contributed by atoms with Gasteiger partial charge in [-0.05, 0) is 32.0 Å². The number of rotatable bonds is 7. The van der Waals surface area contributed by atoms with Crippen molar-refractivity contribution in [2.24, 2.45) is 5.73 Å². The first-order valence-corrected chi connectivity index (χ1v) is 7.03. The van der Waals surface area contributed by atoms with Gasteiger partial charge in [0.25, 0.3) is 0 Å². The van der Waals surface area contributed by atoms with Crippen LogP contribution < -0.4 is 21.1 Å². The molecule has 0 unspecified atom stereocenters. The van der Waals surface area contributed by atoms with Crippen molar-refractivity contribution < 1.29 is 23.9 Å². The standard InChI is InChI=1S/C15H21N3O5/c1-9(2)23-12-5-4-10(15(21)22-3)6-11(12)18-14(20)8-17-13(19)7-16/h4-6,9H,7-8,16H2,1-3H3,(H,17,19)(H,18,20). The second-order valence-corrected chi connectivity index (χ2v) is 4.90. The molecule has 1 rings (SSSR count). The van der Waals surface area contributed by atoms with Crippen LogP contribution in [0.4, 0.5) is 5.69 Å². The van der Waals surface area contributed by atoms with E-state index in [4.69, 9.17) is 10.5 Å². The smallest absolute Gasteiger partial charge is 0.337 e. The second-order valence-electron chi connectivity index (χ2n) is 4.90. The van der Waals surface area contributed by atoms with Crippen LogP contribution in [0.15, 0.2) is 18.2 Å². The highest BCUT2D eigenvalue weighted by Crippen LogP contribution is 2.27. The third-order valence-corrected chi connectivity index (χ3v) is 2.67. The van der Waals surface area contributed by atoms with Gasteiger partial charge in [0.2, 0.25) is 11.8 Å². The number of nitrogens with one attached hydrogen (secondary N) is 2. The van der Waals surface area contributed by atoms with Gasteiger partial charge in [-0.15, -0.1) is 0 Å². The third-order valence-electron chi connectivity index (χ3n) is 2.67. The highest BCUT2D eigenvalue weighted by molar-refractivity contribution is 5.98. The van der Waals surface area contributed by atoms with E-state index in [1.54, 1.807) is 6.07 Å². The normalized spacial score (nSPS) is 10.1. The molecule has 0 aromatic heterocycles. The van der Waals surface area contributed by atoms with E-state index in [-0.39, 0.29) is 24.8 Å². The highest BCUT2D eigenvalue weighted by atomic mass is 16.5. The summed E-state index contributed by atoms with van der Waals surface area (Å²) in [5, 5.41) is 4.94. The Labute approximate surface area is 134 Å². The van der Waals surface area contributed by atoms with E-state index in [0.29, 0.717) is 11.4 Å². The molecule has 0 saturated carbocycles. The molecule has 8 heteroatoms. The zero-order valence-corrected chi connectivity index (χ0v) is 13.3. The van der Waals surface area contributed by atoms with Gasteiger partial charge in [0.15, 0.2) is 0 Å². The Morgan fingerprint density at radius 3 is 2.48 bits per heavy atom. The Bertz CT molecular complexity index is 586. The van der Waals surface area contributed by atoms with Crippen LogP contribution in [0, 0.1) is 0 Å². The zero-order valence-electron chi connectivity index (χ0n) is 13.3. The van der Waals surface area contributed by atoms with Gasteiger partial charge in [-0.1, -0.05) is 0 Å². The van der Waals surface area contributed by atoms with Crippen molar-refractivity contribution in [3.05, 3.63) is 23.8 Å². The Hall–Kier alpha value is -2.61. The van der Waals surface area contributed by atoms with E-state index >= 15 is 0 Å². The van der Waals surface area contributed by atoms with Crippen LogP contribution in [0.1, 0.15) is 24.2 Å². The lowest BCUT2D eigenvalue weighted by Crippen LogP contribution is -2.36. The average Bonchev–Trinajstić information content (AvgIpc) is 2.52. The molecule has 0 fully saturated rings. The van der Waals surface area contributed by atoms with Crippen molar-refractivity contribution in [1.29, 1.82) is 0 Å². The lowest BCUT2D eigenvalue weighted by atomic mass is 10.2. The number of esters is 1. The first-order chi connectivity index (χ1) is 10.9. The molecule has 4 N–H and O–H groups in total. The van der Waals surface area contributed by atoms with Crippen LogP contribution in [0.5, 0.6) is 5.75 Å². The number of methoxy groups -OCH3 is 1. The molecule has 0 aliphatic heterocycles. The molecule has 0 aliphatic carbocycles. The Morgan fingerprint density at radius 2 is 1.91 bits per heavy atom. The number of carbonyl (C=O) groups excluding carboxylic acids is 3. The van der Waals surface area contributed by atoms with E-state index in [1.165, 1.54) is 19.2 Å². The van der Waals surface area contributed by atoms with E-state index in [0.717, 1.165) is 0 Å². The maximum Gasteiger partial charge on any atom is 0.337 e. The Morgan fingerprint density at radius 1 is 1.22 bits per heavy atom. The van der Waals surface area contributed by atoms with E-state index in [9.17, 15) is 14.4 Å². The predicted molar refractivity (Wildman–Crippen MR) is 84.2 cm³/mol. The average molecular weight is 323 g/mol. The third kappa shape index (κ3) is 5.95. The lowest BCUT2D eigenvalue weighted by Gasteiger charge is -2.16. The zero-order chi connectivity index (χ0) is 17.4. The number of hydrogen-bond acceptors (Lipinski definition) is 6. The molecule has 0 heterocycles. The summed E-state index contributed by atoms with van der Waals surface area (Å²) in [6.07, 6.45) is -0.119. The predicted octanol–water partition coefficient (Wildman–Crippen LogP) is 0.274. The minimum absolute atomic E-state index is 0.119. The first-order valence-electron chi connectivity index (χ1n) is 7.03. The number of carbonyl (C=O) groups is 3. The number of benzene rings is 1. The van der Waals surface area contributed by atoms with Gasteiger partial charge < -0.3 is 25.8 Å². The van der Waals surface area contributed by atoms with Gasteiger partial charge in [-0.2, -0.15) is 0 Å². The monoisotopic (exact) mass is 323 g/mol. The molecule has 23 heavy (non-hydrogen) atoms. The molecule has 0 saturated heterocycles. The maximum absolute atomic E-state index is 11.9. The van der Waals surface area contributed by atoms with Crippen molar-refractivity contribution in [2.45, 2.75) is 20.0 Å². The summed E-state index contributed by atoms with van der Waals surface area (Å²) in [5.41, 5.74) is 5.73. The topological polar surface area (TPSA) is 120 Å². The number of nitrogens with two attached hydrogens (primary N) is 1. The van der Waals surface area contributed by atoms with Crippen molar-refractivity contribution in [3.63, 3.8) is 0 Å². The Balaban J connectivity index is 2.92. The fraction of sp³-hybridized carbons (Fsp3) is 0.400. The number of ether oxygens (including phenoxy) is 2. The van der Waals surface area contributed by atoms with Crippen LogP contribution in [-0.2, 0) is 14.3 Å². The minimum Gasteiger partial charge on any atom is -0.489 e. The van der Waals surface area contributed by atoms with Crippen LogP contribution in [0.3, 0.4) is 0 Å². The summed E-state index contributed by atoms with van der Waals surface area (Å²) in [4.78, 5) is 34.5. The maximum atomic E-state index is 11.9. The summed E-state index contributed by atoms with van der Waals surface area (Å²) in [7, 11) is 1.27. The van der Waals surface area contributed by atoms with Crippen molar-refractivity contribution >= 4 is 23.5 Å². The number of hydrogen-bond donors (Lipinski definition) is 3. The molecule has 8 nitrogen and oxygen atoms in total. The van der Waals surface area contributed by atoms with Crippen molar-refractivity contribution in [1.82, 2.24) is 5.32 Å². The molecule has 0 atom stereocenters. The second kappa shape index (κ2) is 8.74. The van der Waals surface area contributed by atoms with Gasteiger partial charge >= 0.3 is 5.97 Å². The highest BCUT2D eigenvalue weighted by Gasteiger charge is 2.14. The molecule has 126 valence electrons. The molecule has 2 amide bonds. The summed E-state index contributed by atoms with van der Waals surface area (Å²) in [6.45, 7) is 3.23. The Kier molecular flexibility index (Phi) is 7.01. The molecule has 0 radical (unpaired) electrons. The first kappa shape index (κ1) is 18.4. The molecule has 1 aromatic rings. The quantitative estimate of drug-likeness (QED) is 0.620. The van der Waals surface area contributed by atoms with E-state index < -0.39 is 17.8 Å². The summed E-state index contributed by atoms with van der Waals surface area (Å²) in [5.74, 6) is -1.04. The van der Waals surface area contributed by atoms with Gasteiger partial charge in [0.1, 0.15) is 5.75 Å². The van der Waals surface area contributed by atoms with Gasteiger partial charge in [0, 0.05) is 0 Å². The van der Waals surface area contributed by atoms with Gasteiger partial charge in [-0.3, -0.25) is 9.59 Å². The molecular weight excluding hydrogens is 302 g/mol. The van der Waals surface area contributed by atoms with Crippen LogP contribution in [0.25, 0.3) is 0 Å². The summed E-state index contributed by atoms with van der Waals surface area (Å²) >= 11 is 0. The fourth-order valence-corrected chi connectivity index (χ4v) is 1.67.